The molecule has 1 heterocycles. The molecule has 0 bridgehead atoms. The van der Waals surface area contributed by atoms with Crippen LogP contribution in [0.25, 0.3) is 0 Å². The van der Waals surface area contributed by atoms with Gasteiger partial charge in [0.05, 0.1) is 0 Å². The van der Waals surface area contributed by atoms with Crippen molar-refractivity contribution in [1.29, 1.82) is 0 Å². The third-order valence-corrected chi connectivity index (χ3v) is 3.51. The Hall–Kier alpha value is -1.63. The van der Waals surface area contributed by atoms with Crippen molar-refractivity contribution in [3.63, 3.8) is 0 Å². The summed E-state index contributed by atoms with van der Waals surface area (Å²) in [7, 11) is 1.13. The Labute approximate surface area is 119 Å². The summed E-state index contributed by atoms with van der Waals surface area (Å²) >= 11 is 0. The van der Waals surface area contributed by atoms with Gasteiger partial charge in [-0.15, -0.1) is 0 Å². The summed E-state index contributed by atoms with van der Waals surface area (Å²) in [6.45, 7) is 2.72. The molecule has 116 valence electrons. The molecular weight excluding hydrogens is 290 g/mol. The molecule has 1 aromatic rings. The molecule has 1 aliphatic heterocycles. The standard InChI is InChI=1S/C14H15F4NO2/c1-8-19-13(2,9-6-4-5-7-10(9)15)11(20-3)12(21-8)14(16,17)18/h4-7,11-12H,1-3H3/t11-,12-,13+/m0/s1. The highest BCUT2D eigenvalue weighted by Crippen LogP contribution is 2.42. The summed E-state index contributed by atoms with van der Waals surface area (Å²) in [4.78, 5) is 4.09. The Morgan fingerprint density at radius 1 is 1.29 bits per heavy atom. The molecule has 0 spiro atoms. The fraction of sp³-hybridized carbons (Fsp3) is 0.500. The number of hydrogen-bond donors (Lipinski definition) is 0. The van der Waals surface area contributed by atoms with Crippen LogP contribution in [0, 0.1) is 5.82 Å². The van der Waals surface area contributed by atoms with E-state index in [1.165, 1.54) is 32.0 Å². The molecule has 3 atom stereocenters. The smallest absolute Gasteiger partial charge is 0.428 e. The fourth-order valence-corrected chi connectivity index (χ4v) is 2.63. The van der Waals surface area contributed by atoms with E-state index in [2.05, 4.69) is 4.99 Å². The van der Waals surface area contributed by atoms with Crippen LogP contribution in [0.1, 0.15) is 19.4 Å². The Morgan fingerprint density at radius 3 is 2.43 bits per heavy atom. The first-order chi connectivity index (χ1) is 9.70. The van der Waals surface area contributed by atoms with Crippen LogP contribution in [0.5, 0.6) is 0 Å². The molecule has 0 unspecified atom stereocenters. The molecule has 21 heavy (non-hydrogen) atoms. The van der Waals surface area contributed by atoms with Crippen LogP contribution in [0.3, 0.4) is 0 Å². The summed E-state index contributed by atoms with van der Waals surface area (Å²) in [5, 5.41) is 0. The van der Waals surface area contributed by atoms with Crippen molar-refractivity contribution >= 4 is 5.90 Å². The minimum atomic E-state index is -4.65. The molecule has 1 aromatic carbocycles. The van der Waals surface area contributed by atoms with Crippen molar-refractivity contribution in [1.82, 2.24) is 0 Å². The molecular formula is C14H15F4NO2. The predicted octanol–water partition coefficient (Wildman–Crippen LogP) is 3.44. The Bertz CT molecular complexity index is 558. The van der Waals surface area contributed by atoms with Crippen LogP contribution >= 0.6 is 0 Å². The van der Waals surface area contributed by atoms with Gasteiger partial charge in [0.25, 0.3) is 0 Å². The van der Waals surface area contributed by atoms with E-state index in [0.717, 1.165) is 7.11 Å². The number of nitrogens with zero attached hydrogens (tertiary/aromatic N) is 1. The van der Waals surface area contributed by atoms with Crippen molar-refractivity contribution in [3.05, 3.63) is 35.6 Å². The van der Waals surface area contributed by atoms with Gasteiger partial charge in [-0.25, -0.2) is 9.38 Å². The van der Waals surface area contributed by atoms with Gasteiger partial charge in [0.15, 0.2) is 5.90 Å². The Balaban J connectivity index is 2.59. The number of rotatable bonds is 2. The maximum atomic E-state index is 14.0. The number of hydrogen-bond acceptors (Lipinski definition) is 3. The summed E-state index contributed by atoms with van der Waals surface area (Å²) in [5.41, 5.74) is -1.49. The highest BCUT2D eigenvalue weighted by atomic mass is 19.4. The maximum absolute atomic E-state index is 14.0. The molecule has 0 saturated carbocycles. The molecule has 0 radical (unpaired) electrons. The van der Waals surface area contributed by atoms with E-state index < -0.39 is 29.7 Å². The minimum absolute atomic E-state index is 0.0359. The predicted molar refractivity (Wildman–Crippen MR) is 68.6 cm³/mol. The Kier molecular flexibility index (Phi) is 3.97. The lowest BCUT2D eigenvalue weighted by Crippen LogP contribution is -2.56. The molecule has 0 amide bonds. The molecule has 2 rings (SSSR count). The second-order valence-electron chi connectivity index (χ2n) is 4.99. The molecule has 3 nitrogen and oxygen atoms in total. The van der Waals surface area contributed by atoms with E-state index in [0.29, 0.717) is 0 Å². The summed E-state index contributed by atoms with van der Waals surface area (Å²) in [6.07, 6.45) is -8.34. The number of alkyl halides is 3. The topological polar surface area (TPSA) is 30.8 Å². The second kappa shape index (κ2) is 5.29. The molecule has 0 aromatic heterocycles. The van der Waals surface area contributed by atoms with Crippen LogP contribution in [-0.4, -0.2) is 31.4 Å². The van der Waals surface area contributed by atoms with Crippen molar-refractivity contribution in [3.8, 4) is 0 Å². The van der Waals surface area contributed by atoms with Crippen LogP contribution in [0.4, 0.5) is 17.6 Å². The van der Waals surface area contributed by atoms with Crippen molar-refractivity contribution < 1.29 is 27.0 Å². The zero-order chi connectivity index (χ0) is 15.8. The van der Waals surface area contributed by atoms with Crippen molar-refractivity contribution in [2.75, 3.05) is 7.11 Å². The molecule has 0 aliphatic carbocycles. The van der Waals surface area contributed by atoms with Crippen molar-refractivity contribution in [2.45, 2.75) is 37.8 Å². The third kappa shape index (κ3) is 2.74. The van der Waals surface area contributed by atoms with E-state index in [4.69, 9.17) is 9.47 Å². The van der Waals surface area contributed by atoms with Crippen molar-refractivity contribution in [2.24, 2.45) is 4.99 Å². The summed E-state index contributed by atoms with van der Waals surface area (Å²) in [5.74, 6) is -0.794. The van der Waals surface area contributed by atoms with Gasteiger partial charge in [-0.1, -0.05) is 18.2 Å². The first-order valence-corrected chi connectivity index (χ1v) is 6.27. The van der Waals surface area contributed by atoms with Gasteiger partial charge in [-0.2, -0.15) is 13.2 Å². The lowest BCUT2D eigenvalue weighted by Gasteiger charge is -2.42. The number of halogens is 4. The number of benzene rings is 1. The molecule has 7 heteroatoms. The van der Waals surface area contributed by atoms with E-state index in [-0.39, 0.29) is 11.5 Å². The van der Waals surface area contributed by atoms with E-state index >= 15 is 0 Å². The van der Waals surface area contributed by atoms with Crippen LogP contribution < -0.4 is 0 Å². The van der Waals surface area contributed by atoms with Crippen LogP contribution in [0.15, 0.2) is 29.3 Å². The average Bonchev–Trinajstić information content (AvgIpc) is 2.37. The van der Waals surface area contributed by atoms with Gasteiger partial charge >= 0.3 is 6.18 Å². The van der Waals surface area contributed by atoms with E-state index in [1.54, 1.807) is 6.07 Å². The quantitative estimate of drug-likeness (QED) is 0.784. The number of ether oxygens (including phenoxy) is 2. The molecule has 1 aliphatic rings. The highest BCUT2D eigenvalue weighted by Gasteiger charge is 2.57. The molecule has 0 fully saturated rings. The first-order valence-electron chi connectivity index (χ1n) is 6.27. The minimum Gasteiger partial charge on any atom is -0.466 e. The lowest BCUT2D eigenvalue weighted by atomic mass is 9.82. The number of aliphatic imine (C=N–C) groups is 1. The van der Waals surface area contributed by atoms with Gasteiger partial charge in [-0.05, 0) is 13.0 Å². The van der Waals surface area contributed by atoms with E-state index in [1.807, 2.05) is 0 Å². The van der Waals surface area contributed by atoms with Gasteiger partial charge < -0.3 is 9.47 Å². The van der Waals surface area contributed by atoms with Gasteiger partial charge in [-0.3, -0.25) is 0 Å². The average molecular weight is 305 g/mol. The van der Waals surface area contributed by atoms with Gasteiger partial charge in [0.1, 0.15) is 17.5 Å². The lowest BCUT2D eigenvalue weighted by molar-refractivity contribution is -0.243. The summed E-state index contributed by atoms with van der Waals surface area (Å²) in [6, 6.07) is 5.58. The third-order valence-electron chi connectivity index (χ3n) is 3.51. The van der Waals surface area contributed by atoms with Crippen LogP contribution in [0.2, 0.25) is 0 Å². The number of methoxy groups -OCH3 is 1. The normalized spacial score (nSPS) is 29.8. The van der Waals surface area contributed by atoms with Gasteiger partial charge in [0, 0.05) is 19.6 Å². The zero-order valence-electron chi connectivity index (χ0n) is 11.7. The highest BCUT2D eigenvalue weighted by molar-refractivity contribution is 5.75. The SMILES string of the molecule is CO[C@H]1[C@@H](C(F)(F)F)OC(C)=N[C@]1(C)c1ccccc1F. The van der Waals surface area contributed by atoms with Gasteiger partial charge in [0.2, 0.25) is 6.10 Å². The Morgan fingerprint density at radius 2 is 1.90 bits per heavy atom. The fourth-order valence-electron chi connectivity index (χ4n) is 2.63. The van der Waals surface area contributed by atoms with E-state index in [9.17, 15) is 17.6 Å². The van der Waals surface area contributed by atoms with Crippen LogP contribution in [-0.2, 0) is 15.0 Å². The monoisotopic (exact) mass is 305 g/mol. The second-order valence-corrected chi connectivity index (χ2v) is 4.99. The zero-order valence-corrected chi connectivity index (χ0v) is 11.7. The molecule has 0 N–H and O–H groups in total. The largest absolute Gasteiger partial charge is 0.466 e. The summed E-state index contributed by atoms with van der Waals surface area (Å²) < 4.78 is 63.3. The maximum Gasteiger partial charge on any atom is 0.428 e. The molecule has 0 saturated heterocycles. The first kappa shape index (κ1) is 15.8.